The molecule has 100 valence electrons. The number of H-pyrrole nitrogens is 1. The number of imidazole rings is 1. The number of fused-ring (bicyclic) bond motifs is 1. The van der Waals surface area contributed by atoms with E-state index >= 15 is 0 Å². The number of amides is 1. The lowest BCUT2D eigenvalue weighted by molar-refractivity contribution is 0.102. The van der Waals surface area contributed by atoms with Crippen LogP contribution >= 0.6 is 0 Å². The van der Waals surface area contributed by atoms with Crippen molar-refractivity contribution >= 4 is 28.6 Å². The van der Waals surface area contributed by atoms with Crippen LogP contribution in [0.25, 0.3) is 11.0 Å². The van der Waals surface area contributed by atoms with Crippen molar-refractivity contribution in [3.63, 3.8) is 0 Å². The van der Waals surface area contributed by atoms with Crippen molar-refractivity contribution in [1.29, 1.82) is 0 Å². The molecule has 0 aliphatic carbocycles. The third-order valence-corrected chi connectivity index (χ3v) is 2.91. The van der Waals surface area contributed by atoms with Gasteiger partial charge in [-0.05, 0) is 30.3 Å². The average molecular weight is 268 g/mol. The summed E-state index contributed by atoms with van der Waals surface area (Å²) < 4.78 is 0. The van der Waals surface area contributed by atoms with E-state index in [1.54, 1.807) is 0 Å². The van der Waals surface area contributed by atoms with Crippen LogP contribution in [0.4, 0.5) is 11.6 Å². The van der Waals surface area contributed by atoms with Gasteiger partial charge in [0.25, 0.3) is 5.91 Å². The van der Waals surface area contributed by atoms with Gasteiger partial charge in [0.1, 0.15) is 5.75 Å². The summed E-state index contributed by atoms with van der Waals surface area (Å²) >= 11 is 0. The molecule has 5 N–H and O–H groups in total. The Balaban J connectivity index is 1.86. The van der Waals surface area contributed by atoms with Crippen molar-refractivity contribution in [2.75, 3.05) is 11.1 Å². The Morgan fingerprint density at radius 3 is 2.80 bits per heavy atom. The fraction of sp³-hybridized carbons (Fsp3) is 0. The molecule has 0 aliphatic heterocycles. The minimum Gasteiger partial charge on any atom is -0.506 e. The number of hydrogen-bond acceptors (Lipinski definition) is 4. The first kappa shape index (κ1) is 12.0. The van der Waals surface area contributed by atoms with Crippen LogP contribution in [0.2, 0.25) is 0 Å². The quantitative estimate of drug-likeness (QED) is 0.422. The zero-order valence-electron chi connectivity index (χ0n) is 10.4. The molecular formula is C14H12N4O2. The number of rotatable bonds is 2. The highest BCUT2D eigenvalue weighted by atomic mass is 16.3. The van der Waals surface area contributed by atoms with Gasteiger partial charge in [0.05, 0.1) is 16.7 Å². The molecule has 0 aliphatic rings. The lowest BCUT2D eigenvalue weighted by Crippen LogP contribution is -2.12. The number of aromatic nitrogens is 2. The number of anilines is 2. The molecule has 6 heteroatoms. The predicted octanol–water partition coefficient (Wildman–Crippen LogP) is 2.10. The molecule has 0 fully saturated rings. The van der Waals surface area contributed by atoms with E-state index in [-0.39, 0.29) is 17.3 Å². The number of aromatic amines is 1. The van der Waals surface area contributed by atoms with Crippen LogP contribution < -0.4 is 11.1 Å². The van der Waals surface area contributed by atoms with Gasteiger partial charge in [-0.1, -0.05) is 12.1 Å². The summed E-state index contributed by atoms with van der Waals surface area (Å²) in [6, 6.07) is 11.8. The van der Waals surface area contributed by atoms with Crippen LogP contribution in [-0.2, 0) is 0 Å². The molecule has 0 spiro atoms. The molecule has 1 aromatic heterocycles. The van der Waals surface area contributed by atoms with E-state index < -0.39 is 0 Å². The van der Waals surface area contributed by atoms with E-state index in [0.717, 1.165) is 11.0 Å². The second-order valence-corrected chi connectivity index (χ2v) is 4.33. The van der Waals surface area contributed by atoms with Crippen LogP contribution in [0, 0.1) is 0 Å². The number of nitrogens with two attached hydrogens (primary N) is 1. The molecule has 3 aromatic rings. The van der Waals surface area contributed by atoms with Crippen molar-refractivity contribution in [2.24, 2.45) is 0 Å². The predicted molar refractivity (Wildman–Crippen MR) is 76.6 cm³/mol. The normalized spacial score (nSPS) is 10.6. The zero-order valence-corrected chi connectivity index (χ0v) is 10.4. The summed E-state index contributed by atoms with van der Waals surface area (Å²) in [7, 11) is 0. The van der Waals surface area contributed by atoms with E-state index in [4.69, 9.17) is 5.73 Å². The molecular weight excluding hydrogens is 256 g/mol. The van der Waals surface area contributed by atoms with E-state index in [1.165, 1.54) is 18.2 Å². The molecule has 2 aromatic carbocycles. The second kappa shape index (κ2) is 4.58. The number of aromatic hydroxyl groups is 1. The Bertz CT molecular complexity index is 762. The van der Waals surface area contributed by atoms with Crippen LogP contribution in [0.3, 0.4) is 0 Å². The van der Waals surface area contributed by atoms with E-state index in [9.17, 15) is 9.90 Å². The zero-order chi connectivity index (χ0) is 14.1. The third kappa shape index (κ3) is 2.14. The van der Waals surface area contributed by atoms with Crippen molar-refractivity contribution in [2.45, 2.75) is 0 Å². The number of phenols is 1. The topological polar surface area (TPSA) is 104 Å². The van der Waals surface area contributed by atoms with Crippen molar-refractivity contribution < 1.29 is 9.90 Å². The second-order valence-electron chi connectivity index (χ2n) is 4.33. The Labute approximate surface area is 114 Å². The largest absolute Gasteiger partial charge is 0.506 e. The summed E-state index contributed by atoms with van der Waals surface area (Å²) in [5.74, 6) is -0.144. The van der Waals surface area contributed by atoms with Crippen LogP contribution in [0.1, 0.15) is 10.4 Å². The van der Waals surface area contributed by atoms with E-state index in [2.05, 4.69) is 15.3 Å². The maximum atomic E-state index is 12.0. The molecule has 20 heavy (non-hydrogen) atoms. The molecule has 1 amide bonds. The average Bonchev–Trinajstić information content (AvgIpc) is 2.83. The SMILES string of the molecule is Nc1ccc(C(=O)Nc2nc3ccccc3[nH]2)cc1O. The number of nitrogen functional groups attached to an aromatic ring is 1. The van der Waals surface area contributed by atoms with Crippen LogP contribution in [0.15, 0.2) is 42.5 Å². The maximum Gasteiger partial charge on any atom is 0.258 e. The van der Waals surface area contributed by atoms with Crippen molar-refractivity contribution in [3.05, 3.63) is 48.0 Å². The Morgan fingerprint density at radius 2 is 2.05 bits per heavy atom. The summed E-state index contributed by atoms with van der Waals surface area (Å²) in [5, 5.41) is 12.1. The fourth-order valence-electron chi connectivity index (χ4n) is 1.88. The van der Waals surface area contributed by atoms with Gasteiger partial charge in [-0.2, -0.15) is 0 Å². The standard InChI is InChI=1S/C14H12N4O2/c15-9-6-5-8(7-12(9)19)13(20)18-14-16-10-3-1-2-4-11(10)17-14/h1-7,19H,15H2,(H2,16,17,18,20). The molecule has 3 rings (SSSR count). The highest BCUT2D eigenvalue weighted by molar-refractivity contribution is 6.04. The summed E-state index contributed by atoms with van der Waals surface area (Å²) in [6.45, 7) is 0. The first-order chi connectivity index (χ1) is 9.63. The molecule has 6 nitrogen and oxygen atoms in total. The lowest BCUT2D eigenvalue weighted by atomic mass is 10.2. The molecule has 0 atom stereocenters. The minimum absolute atomic E-state index is 0.123. The number of carbonyl (C=O) groups excluding carboxylic acids is 1. The van der Waals surface area contributed by atoms with Gasteiger partial charge < -0.3 is 15.8 Å². The van der Waals surface area contributed by atoms with Gasteiger partial charge in [0, 0.05) is 5.56 Å². The highest BCUT2D eigenvalue weighted by Crippen LogP contribution is 2.21. The Hall–Kier alpha value is -3.02. The molecule has 1 heterocycles. The van der Waals surface area contributed by atoms with Crippen molar-refractivity contribution in [1.82, 2.24) is 9.97 Å². The molecule has 0 saturated heterocycles. The maximum absolute atomic E-state index is 12.0. The molecule has 0 saturated carbocycles. The van der Waals surface area contributed by atoms with Crippen LogP contribution in [-0.4, -0.2) is 21.0 Å². The smallest absolute Gasteiger partial charge is 0.258 e. The number of para-hydroxylation sites is 2. The molecule has 0 radical (unpaired) electrons. The first-order valence-electron chi connectivity index (χ1n) is 5.98. The number of nitrogens with zero attached hydrogens (tertiary/aromatic N) is 1. The van der Waals surface area contributed by atoms with Gasteiger partial charge in [-0.25, -0.2) is 4.98 Å². The number of benzene rings is 2. The van der Waals surface area contributed by atoms with Gasteiger partial charge in [0.15, 0.2) is 0 Å². The summed E-state index contributed by atoms with van der Waals surface area (Å²) in [4.78, 5) is 19.3. The van der Waals surface area contributed by atoms with Gasteiger partial charge >= 0.3 is 0 Å². The summed E-state index contributed by atoms with van der Waals surface area (Å²) in [5.41, 5.74) is 7.62. The number of nitrogens with one attached hydrogen (secondary N) is 2. The highest BCUT2D eigenvalue weighted by Gasteiger charge is 2.10. The van der Waals surface area contributed by atoms with Gasteiger partial charge in [0.2, 0.25) is 5.95 Å². The fourth-order valence-corrected chi connectivity index (χ4v) is 1.88. The third-order valence-electron chi connectivity index (χ3n) is 2.91. The number of hydrogen-bond donors (Lipinski definition) is 4. The summed E-state index contributed by atoms with van der Waals surface area (Å²) in [6.07, 6.45) is 0. The first-order valence-corrected chi connectivity index (χ1v) is 5.98. The van der Waals surface area contributed by atoms with Gasteiger partial charge in [-0.15, -0.1) is 0 Å². The van der Waals surface area contributed by atoms with Gasteiger partial charge in [-0.3, -0.25) is 10.1 Å². The number of phenolic OH excluding ortho intramolecular Hbond substituents is 1. The number of carbonyl (C=O) groups is 1. The Morgan fingerprint density at radius 1 is 1.25 bits per heavy atom. The minimum atomic E-state index is -0.376. The molecule has 0 unspecified atom stereocenters. The van der Waals surface area contributed by atoms with Crippen molar-refractivity contribution in [3.8, 4) is 5.75 Å². The molecule has 0 bridgehead atoms. The van der Waals surface area contributed by atoms with Crippen LogP contribution in [0.5, 0.6) is 5.75 Å². The monoisotopic (exact) mass is 268 g/mol. The van der Waals surface area contributed by atoms with E-state index in [0.29, 0.717) is 11.5 Å². The van der Waals surface area contributed by atoms with E-state index in [1.807, 2.05) is 24.3 Å². The Kier molecular flexibility index (Phi) is 2.76. The lowest BCUT2D eigenvalue weighted by Gasteiger charge is -2.04.